The maximum Gasteiger partial charge on any atom is 0.404 e. The summed E-state index contributed by atoms with van der Waals surface area (Å²) < 4.78 is 11.8. The van der Waals surface area contributed by atoms with E-state index in [1.54, 1.807) is 37.7 Å². The van der Waals surface area contributed by atoms with E-state index >= 15 is 0 Å². The third-order valence-corrected chi connectivity index (χ3v) is 3.10. The molecule has 0 bridgehead atoms. The lowest BCUT2D eigenvalue weighted by atomic mass is 10.0. The number of aryl methyl sites for hydroxylation is 1. The highest BCUT2D eigenvalue weighted by Crippen LogP contribution is 2.21. The lowest BCUT2D eigenvalue weighted by Gasteiger charge is -2.09. The zero-order valence-electron chi connectivity index (χ0n) is 12.4. The van der Waals surface area contributed by atoms with Crippen LogP contribution >= 0.6 is 0 Å². The molecule has 1 heterocycles. The number of esters is 2. The average molecular weight is 288 g/mol. The van der Waals surface area contributed by atoms with E-state index in [1.807, 2.05) is 18.2 Å². The van der Waals surface area contributed by atoms with Gasteiger partial charge < -0.3 is 9.47 Å². The van der Waals surface area contributed by atoms with Gasteiger partial charge in [-0.05, 0) is 19.9 Å². The Labute approximate surface area is 123 Å². The van der Waals surface area contributed by atoms with Crippen LogP contribution in [0.3, 0.4) is 0 Å². The summed E-state index contributed by atoms with van der Waals surface area (Å²) >= 11 is 0. The van der Waals surface area contributed by atoms with Crippen LogP contribution in [0.4, 0.5) is 0 Å². The third kappa shape index (κ3) is 2.86. The van der Waals surface area contributed by atoms with Crippen LogP contribution in [-0.2, 0) is 16.5 Å². The molecule has 1 aromatic heterocycles. The van der Waals surface area contributed by atoms with Gasteiger partial charge in [0.2, 0.25) is 0 Å². The minimum Gasteiger partial charge on any atom is -0.462 e. The van der Waals surface area contributed by atoms with Gasteiger partial charge >= 0.3 is 17.6 Å². The molecular weight excluding hydrogens is 270 g/mol. The van der Waals surface area contributed by atoms with Gasteiger partial charge in [0, 0.05) is 10.8 Å². The van der Waals surface area contributed by atoms with Crippen molar-refractivity contribution in [3.8, 4) is 0 Å². The van der Waals surface area contributed by atoms with Crippen molar-refractivity contribution < 1.29 is 23.6 Å². The van der Waals surface area contributed by atoms with Crippen LogP contribution in [0, 0.1) is 0 Å². The first kappa shape index (κ1) is 15.0. The van der Waals surface area contributed by atoms with Gasteiger partial charge in [0.05, 0.1) is 13.2 Å². The summed E-state index contributed by atoms with van der Waals surface area (Å²) in [6.45, 7) is 3.94. The van der Waals surface area contributed by atoms with Crippen molar-refractivity contribution in [2.45, 2.75) is 13.8 Å². The second kappa shape index (κ2) is 6.35. The SMILES string of the molecule is CCOC(=O)c1c(C(=O)OCC)[n+](C)cc2ccccc12. The van der Waals surface area contributed by atoms with Gasteiger partial charge in [-0.2, -0.15) is 4.57 Å². The van der Waals surface area contributed by atoms with Crippen molar-refractivity contribution >= 4 is 22.7 Å². The standard InChI is InChI=1S/C16H18NO4/c1-4-20-15(18)13-12-9-7-6-8-11(12)10-17(3)14(13)16(19)21-5-2/h6-10H,4-5H2,1-3H3/q+1. The molecule has 5 nitrogen and oxygen atoms in total. The quantitative estimate of drug-likeness (QED) is 0.638. The number of fused-ring (bicyclic) bond motifs is 1. The second-order valence-electron chi connectivity index (χ2n) is 4.49. The van der Waals surface area contributed by atoms with Crippen molar-refractivity contribution in [1.82, 2.24) is 0 Å². The van der Waals surface area contributed by atoms with Crippen LogP contribution in [0.15, 0.2) is 30.5 Å². The summed E-state index contributed by atoms with van der Waals surface area (Å²) in [4.78, 5) is 24.5. The molecule has 0 unspecified atom stereocenters. The number of aromatic nitrogens is 1. The molecule has 0 fully saturated rings. The molecule has 21 heavy (non-hydrogen) atoms. The minimum atomic E-state index is -0.534. The van der Waals surface area contributed by atoms with E-state index in [2.05, 4.69) is 0 Å². The molecular formula is C16H18NO4+. The average Bonchev–Trinajstić information content (AvgIpc) is 2.46. The molecule has 1 aromatic carbocycles. The molecule has 0 spiro atoms. The highest BCUT2D eigenvalue weighted by Gasteiger charge is 2.31. The molecule has 0 saturated carbocycles. The Morgan fingerprint density at radius 3 is 2.33 bits per heavy atom. The number of pyridine rings is 1. The second-order valence-corrected chi connectivity index (χ2v) is 4.49. The van der Waals surface area contributed by atoms with Crippen LogP contribution in [0.2, 0.25) is 0 Å². The highest BCUT2D eigenvalue weighted by atomic mass is 16.5. The van der Waals surface area contributed by atoms with Gasteiger partial charge in [-0.15, -0.1) is 0 Å². The van der Waals surface area contributed by atoms with Crippen LogP contribution in [0.25, 0.3) is 10.8 Å². The predicted molar refractivity (Wildman–Crippen MR) is 77.0 cm³/mol. The Morgan fingerprint density at radius 1 is 1.05 bits per heavy atom. The number of carbonyl (C=O) groups is 2. The van der Waals surface area contributed by atoms with E-state index in [4.69, 9.17) is 9.47 Å². The van der Waals surface area contributed by atoms with E-state index < -0.39 is 11.9 Å². The summed E-state index contributed by atoms with van der Waals surface area (Å²) in [5.74, 6) is -1.05. The molecule has 0 aliphatic rings. The van der Waals surface area contributed by atoms with Crippen molar-refractivity contribution in [2.75, 3.05) is 13.2 Å². The number of ether oxygens (including phenoxy) is 2. The fraction of sp³-hybridized carbons (Fsp3) is 0.312. The summed E-state index contributed by atoms with van der Waals surface area (Å²) in [5, 5.41) is 1.54. The predicted octanol–water partition coefficient (Wildman–Crippen LogP) is 2.02. The molecule has 110 valence electrons. The number of benzene rings is 1. The first-order chi connectivity index (χ1) is 10.1. The maximum atomic E-state index is 12.3. The van der Waals surface area contributed by atoms with E-state index in [9.17, 15) is 9.59 Å². The molecule has 0 radical (unpaired) electrons. The van der Waals surface area contributed by atoms with Crippen LogP contribution in [0.1, 0.15) is 34.7 Å². The molecule has 5 heteroatoms. The smallest absolute Gasteiger partial charge is 0.404 e. The topological polar surface area (TPSA) is 56.5 Å². The monoisotopic (exact) mass is 288 g/mol. The van der Waals surface area contributed by atoms with Gasteiger partial charge in [0.15, 0.2) is 6.20 Å². The first-order valence-electron chi connectivity index (χ1n) is 6.85. The summed E-state index contributed by atoms with van der Waals surface area (Å²) in [6.07, 6.45) is 1.80. The third-order valence-electron chi connectivity index (χ3n) is 3.10. The number of hydrogen-bond donors (Lipinski definition) is 0. The maximum absolute atomic E-state index is 12.3. The fourth-order valence-corrected chi connectivity index (χ4v) is 2.27. The summed E-state index contributed by atoms with van der Waals surface area (Å²) in [5.41, 5.74) is 0.449. The fourth-order valence-electron chi connectivity index (χ4n) is 2.27. The lowest BCUT2D eigenvalue weighted by molar-refractivity contribution is -0.672. The van der Waals surface area contributed by atoms with Gasteiger partial charge in [-0.25, -0.2) is 9.59 Å². The number of rotatable bonds is 4. The van der Waals surface area contributed by atoms with Crippen LogP contribution in [0.5, 0.6) is 0 Å². The van der Waals surface area contributed by atoms with Crippen LogP contribution < -0.4 is 4.57 Å². The highest BCUT2D eigenvalue weighted by molar-refractivity contribution is 6.10. The van der Waals surface area contributed by atoms with Gasteiger partial charge in [-0.1, -0.05) is 18.2 Å². The minimum absolute atomic E-state index is 0.203. The largest absolute Gasteiger partial charge is 0.462 e. The molecule has 0 aliphatic heterocycles. The van der Waals surface area contributed by atoms with Crippen molar-refractivity contribution in [1.29, 1.82) is 0 Å². The summed E-state index contributed by atoms with van der Waals surface area (Å²) in [6, 6.07) is 7.37. The Bertz CT molecular complexity index is 694. The zero-order chi connectivity index (χ0) is 15.4. The van der Waals surface area contributed by atoms with E-state index in [0.29, 0.717) is 5.39 Å². The van der Waals surface area contributed by atoms with Crippen molar-refractivity contribution in [2.24, 2.45) is 7.05 Å². The molecule has 0 aliphatic carbocycles. The lowest BCUT2D eigenvalue weighted by Crippen LogP contribution is -2.39. The number of nitrogens with zero attached hydrogens (tertiary/aromatic N) is 1. The molecule has 0 N–H and O–H groups in total. The van der Waals surface area contributed by atoms with E-state index in [-0.39, 0.29) is 24.5 Å². The molecule has 2 aromatic rings. The van der Waals surface area contributed by atoms with Crippen molar-refractivity contribution in [3.63, 3.8) is 0 Å². The zero-order valence-corrected chi connectivity index (χ0v) is 12.4. The Hall–Kier alpha value is -2.43. The number of hydrogen-bond acceptors (Lipinski definition) is 4. The molecule has 2 rings (SSSR count). The first-order valence-corrected chi connectivity index (χ1v) is 6.85. The number of carbonyl (C=O) groups excluding carboxylic acids is 2. The molecule has 0 saturated heterocycles. The van der Waals surface area contributed by atoms with Gasteiger partial charge in [0.1, 0.15) is 12.6 Å². The van der Waals surface area contributed by atoms with E-state index in [1.165, 1.54) is 0 Å². The Balaban J connectivity index is 2.75. The van der Waals surface area contributed by atoms with Crippen LogP contribution in [-0.4, -0.2) is 25.2 Å². The molecule has 0 atom stereocenters. The van der Waals surface area contributed by atoms with E-state index in [0.717, 1.165) is 5.39 Å². The summed E-state index contributed by atoms with van der Waals surface area (Å²) in [7, 11) is 1.71. The van der Waals surface area contributed by atoms with Gasteiger partial charge in [-0.3, -0.25) is 0 Å². The van der Waals surface area contributed by atoms with Gasteiger partial charge in [0.25, 0.3) is 0 Å². The normalized spacial score (nSPS) is 10.4. The Kier molecular flexibility index (Phi) is 4.52. The Morgan fingerprint density at radius 2 is 1.67 bits per heavy atom. The molecule has 0 amide bonds. The van der Waals surface area contributed by atoms with Crippen molar-refractivity contribution in [3.05, 3.63) is 41.7 Å².